The van der Waals surface area contributed by atoms with E-state index in [1.165, 1.54) is 12.4 Å². The van der Waals surface area contributed by atoms with Gasteiger partial charge < -0.3 is 5.32 Å². The van der Waals surface area contributed by atoms with Crippen molar-refractivity contribution in [3.8, 4) is 0 Å². The fourth-order valence-electron chi connectivity index (χ4n) is 1.39. The van der Waals surface area contributed by atoms with Crippen LogP contribution in [0.2, 0.25) is 0 Å². The van der Waals surface area contributed by atoms with Crippen LogP contribution in [0.15, 0.2) is 36.0 Å². The quantitative estimate of drug-likeness (QED) is 0.856. The van der Waals surface area contributed by atoms with E-state index in [0.717, 1.165) is 16.3 Å². The molecule has 18 heavy (non-hydrogen) atoms. The molecular formula is C13H13N3OS. The third kappa shape index (κ3) is 3.78. The Balaban J connectivity index is 1.85. The van der Waals surface area contributed by atoms with Crippen LogP contribution >= 0.6 is 11.3 Å². The molecule has 0 fully saturated rings. The molecule has 0 unspecified atom stereocenters. The summed E-state index contributed by atoms with van der Waals surface area (Å²) in [5.41, 5.74) is 1.70. The smallest absolute Gasteiger partial charge is 0.244 e. The number of nitrogens with zero attached hydrogens (tertiary/aromatic N) is 2. The van der Waals surface area contributed by atoms with Gasteiger partial charge in [0, 0.05) is 16.6 Å². The van der Waals surface area contributed by atoms with Crippen molar-refractivity contribution in [3.05, 3.63) is 52.2 Å². The lowest BCUT2D eigenvalue weighted by atomic mass is 10.3. The topological polar surface area (TPSA) is 54.9 Å². The molecule has 0 bridgehead atoms. The van der Waals surface area contributed by atoms with Crippen molar-refractivity contribution in [2.24, 2.45) is 0 Å². The van der Waals surface area contributed by atoms with Gasteiger partial charge in [0.05, 0.1) is 12.2 Å². The third-order valence-electron chi connectivity index (χ3n) is 2.25. The Kier molecular flexibility index (Phi) is 4.20. The largest absolute Gasteiger partial charge is 0.347 e. The van der Waals surface area contributed by atoms with Crippen LogP contribution in [-0.2, 0) is 11.3 Å². The minimum Gasteiger partial charge on any atom is -0.347 e. The lowest BCUT2D eigenvalue weighted by Crippen LogP contribution is -2.20. The Morgan fingerprint density at radius 1 is 1.50 bits per heavy atom. The molecule has 92 valence electrons. The highest BCUT2D eigenvalue weighted by Crippen LogP contribution is 2.09. The Labute approximate surface area is 109 Å². The maximum Gasteiger partial charge on any atom is 0.244 e. The van der Waals surface area contributed by atoms with Gasteiger partial charge in [0.25, 0.3) is 0 Å². The summed E-state index contributed by atoms with van der Waals surface area (Å²) < 4.78 is 0. The van der Waals surface area contributed by atoms with Gasteiger partial charge in [0.15, 0.2) is 0 Å². The van der Waals surface area contributed by atoms with E-state index in [0.29, 0.717) is 6.54 Å². The fraction of sp³-hybridized carbons (Fsp3) is 0.154. The maximum absolute atomic E-state index is 11.6. The van der Waals surface area contributed by atoms with Crippen LogP contribution in [0.1, 0.15) is 16.3 Å². The lowest BCUT2D eigenvalue weighted by molar-refractivity contribution is -0.116. The van der Waals surface area contributed by atoms with Crippen molar-refractivity contribution in [3.63, 3.8) is 0 Å². The minimum atomic E-state index is -0.125. The Hall–Kier alpha value is -2.01. The first-order valence-electron chi connectivity index (χ1n) is 5.51. The van der Waals surface area contributed by atoms with Crippen LogP contribution in [0, 0.1) is 6.92 Å². The molecule has 0 radical (unpaired) electrons. The van der Waals surface area contributed by atoms with Crippen molar-refractivity contribution in [1.82, 2.24) is 15.3 Å². The van der Waals surface area contributed by atoms with Crippen molar-refractivity contribution >= 4 is 23.3 Å². The summed E-state index contributed by atoms with van der Waals surface area (Å²) in [4.78, 5) is 20.7. The highest BCUT2D eigenvalue weighted by molar-refractivity contribution is 7.10. The second-order valence-electron chi connectivity index (χ2n) is 3.72. The predicted octanol–water partition coefficient (Wildman–Crippen LogP) is 2.18. The number of carbonyl (C=O) groups is 1. The molecule has 2 rings (SSSR count). The van der Waals surface area contributed by atoms with Gasteiger partial charge in [-0.15, -0.1) is 11.3 Å². The lowest BCUT2D eigenvalue weighted by Gasteiger charge is -2.01. The van der Waals surface area contributed by atoms with E-state index in [9.17, 15) is 4.79 Å². The molecule has 0 saturated heterocycles. The molecule has 2 aromatic heterocycles. The van der Waals surface area contributed by atoms with Gasteiger partial charge >= 0.3 is 0 Å². The summed E-state index contributed by atoms with van der Waals surface area (Å²) in [5.74, 6) is -0.125. The van der Waals surface area contributed by atoms with E-state index < -0.39 is 0 Å². The number of thiophene rings is 1. The molecule has 1 N–H and O–H groups in total. The average Bonchev–Trinajstić information content (AvgIpc) is 2.87. The van der Waals surface area contributed by atoms with Gasteiger partial charge in [-0.2, -0.15) is 0 Å². The second-order valence-corrected chi connectivity index (χ2v) is 4.70. The van der Waals surface area contributed by atoms with Crippen LogP contribution in [0.25, 0.3) is 6.08 Å². The molecule has 0 aliphatic carbocycles. The van der Waals surface area contributed by atoms with Gasteiger partial charge in [-0.1, -0.05) is 6.07 Å². The summed E-state index contributed by atoms with van der Waals surface area (Å²) in [6, 6.07) is 5.76. The number of carbonyl (C=O) groups excluding carboxylic acids is 1. The third-order valence-corrected chi connectivity index (χ3v) is 3.08. The number of rotatable bonds is 4. The molecular weight excluding hydrogens is 246 g/mol. The molecule has 0 saturated carbocycles. The summed E-state index contributed by atoms with van der Waals surface area (Å²) in [7, 11) is 0. The number of nitrogens with one attached hydrogen (secondary N) is 1. The average molecular weight is 259 g/mol. The van der Waals surface area contributed by atoms with Gasteiger partial charge in [-0.05, 0) is 30.5 Å². The Morgan fingerprint density at radius 3 is 3.11 bits per heavy atom. The normalized spacial score (nSPS) is 10.7. The zero-order valence-corrected chi connectivity index (χ0v) is 10.8. The highest BCUT2D eigenvalue weighted by Gasteiger charge is 1.98. The highest BCUT2D eigenvalue weighted by atomic mass is 32.1. The number of amides is 1. The van der Waals surface area contributed by atoms with Crippen molar-refractivity contribution in [2.75, 3.05) is 0 Å². The fourth-order valence-corrected chi connectivity index (χ4v) is 2.00. The number of hydrogen-bond donors (Lipinski definition) is 1. The zero-order valence-electron chi connectivity index (χ0n) is 9.96. The van der Waals surface area contributed by atoms with Crippen molar-refractivity contribution in [1.29, 1.82) is 0 Å². The molecule has 0 aliphatic rings. The van der Waals surface area contributed by atoms with Crippen LogP contribution in [-0.4, -0.2) is 15.9 Å². The predicted molar refractivity (Wildman–Crippen MR) is 72.0 cm³/mol. The first-order valence-corrected chi connectivity index (χ1v) is 6.39. The van der Waals surface area contributed by atoms with E-state index in [-0.39, 0.29) is 5.91 Å². The van der Waals surface area contributed by atoms with E-state index in [1.807, 2.05) is 30.5 Å². The first kappa shape index (κ1) is 12.4. The number of aryl methyl sites for hydroxylation is 1. The van der Waals surface area contributed by atoms with Crippen molar-refractivity contribution < 1.29 is 4.79 Å². The molecule has 2 heterocycles. The molecule has 1 amide bonds. The SMILES string of the molecule is Cc1cc(CNC(=O)/C=C/c2cccs2)ncn1. The van der Waals surface area contributed by atoms with E-state index in [4.69, 9.17) is 0 Å². The van der Waals surface area contributed by atoms with Gasteiger partial charge in [-0.25, -0.2) is 9.97 Å². The Bertz CT molecular complexity index is 549. The minimum absolute atomic E-state index is 0.125. The molecule has 5 heteroatoms. The number of hydrogen-bond acceptors (Lipinski definition) is 4. The number of aromatic nitrogens is 2. The summed E-state index contributed by atoms with van der Waals surface area (Å²) in [6.45, 7) is 2.31. The van der Waals surface area contributed by atoms with E-state index in [1.54, 1.807) is 17.4 Å². The first-order chi connectivity index (χ1) is 8.74. The molecule has 0 spiro atoms. The molecule has 0 atom stereocenters. The second kappa shape index (κ2) is 6.07. The standard InChI is InChI=1S/C13H13N3OS/c1-10-7-11(16-9-15-10)8-14-13(17)5-4-12-3-2-6-18-12/h2-7,9H,8H2,1H3,(H,14,17)/b5-4+. The summed E-state index contributed by atoms with van der Waals surface area (Å²) in [6.07, 6.45) is 4.82. The summed E-state index contributed by atoms with van der Waals surface area (Å²) >= 11 is 1.59. The van der Waals surface area contributed by atoms with Crippen LogP contribution in [0.4, 0.5) is 0 Å². The molecule has 2 aromatic rings. The van der Waals surface area contributed by atoms with Gasteiger partial charge in [0.2, 0.25) is 5.91 Å². The molecule has 4 nitrogen and oxygen atoms in total. The van der Waals surface area contributed by atoms with Crippen LogP contribution in [0.5, 0.6) is 0 Å². The Morgan fingerprint density at radius 2 is 2.39 bits per heavy atom. The van der Waals surface area contributed by atoms with E-state index in [2.05, 4.69) is 15.3 Å². The zero-order chi connectivity index (χ0) is 12.8. The van der Waals surface area contributed by atoms with Crippen LogP contribution < -0.4 is 5.32 Å². The van der Waals surface area contributed by atoms with Crippen LogP contribution in [0.3, 0.4) is 0 Å². The molecule has 0 aliphatic heterocycles. The molecule has 0 aromatic carbocycles. The summed E-state index contributed by atoms with van der Waals surface area (Å²) in [5, 5.41) is 4.75. The van der Waals surface area contributed by atoms with Gasteiger partial charge in [0.1, 0.15) is 6.33 Å². The monoisotopic (exact) mass is 259 g/mol. The maximum atomic E-state index is 11.6. The van der Waals surface area contributed by atoms with E-state index >= 15 is 0 Å². The van der Waals surface area contributed by atoms with Crippen molar-refractivity contribution in [2.45, 2.75) is 13.5 Å². The van der Waals surface area contributed by atoms with Gasteiger partial charge in [-0.3, -0.25) is 4.79 Å².